The topological polar surface area (TPSA) is 32.3 Å². The van der Waals surface area contributed by atoms with E-state index in [2.05, 4.69) is 5.32 Å². The van der Waals surface area contributed by atoms with Gasteiger partial charge in [0.05, 0.1) is 11.1 Å². The number of nitrogens with one attached hydrogen (secondary N) is 1. The quantitative estimate of drug-likeness (QED) is 0.849. The lowest BCUT2D eigenvalue weighted by molar-refractivity contribution is -0.126. The van der Waals surface area contributed by atoms with Crippen LogP contribution in [0.15, 0.2) is 24.3 Å². The number of carbonyl (C=O) groups is 1. The van der Waals surface area contributed by atoms with Crippen molar-refractivity contribution in [3.63, 3.8) is 0 Å². The molecule has 1 saturated heterocycles. The van der Waals surface area contributed by atoms with Gasteiger partial charge in [0.15, 0.2) is 0 Å². The van der Waals surface area contributed by atoms with Gasteiger partial charge < -0.3 is 10.2 Å². The molecular weight excluding hydrogens is 219 g/mol. The summed E-state index contributed by atoms with van der Waals surface area (Å²) in [5.74, 6) is -0.398. The van der Waals surface area contributed by atoms with Gasteiger partial charge in [-0.1, -0.05) is 12.1 Å². The highest BCUT2D eigenvalue weighted by Crippen LogP contribution is 2.29. The SMILES string of the molecule is CN(C(=O)C1(C)CCNC1)c1ccccc1F. The number of amides is 1. The summed E-state index contributed by atoms with van der Waals surface area (Å²) in [6.45, 7) is 3.42. The highest BCUT2D eigenvalue weighted by molar-refractivity contribution is 5.97. The van der Waals surface area contributed by atoms with Crippen LogP contribution in [-0.4, -0.2) is 26.0 Å². The molecule has 1 fully saturated rings. The lowest BCUT2D eigenvalue weighted by Crippen LogP contribution is -2.42. The van der Waals surface area contributed by atoms with Gasteiger partial charge in [0.1, 0.15) is 5.82 Å². The first-order chi connectivity index (χ1) is 8.04. The van der Waals surface area contributed by atoms with Crippen LogP contribution in [0.5, 0.6) is 0 Å². The van der Waals surface area contributed by atoms with E-state index < -0.39 is 5.41 Å². The van der Waals surface area contributed by atoms with Crippen molar-refractivity contribution in [2.45, 2.75) is 13.3 Å². The zero-order valence-corrected chi connectivity index (χ0v) is 10.2. The van der Waals surface area contributed by atoms with E-state index in [1.807, 2.05) is 6.92 Å². The van der Waals surface area contributed by atoms with E-state index in [0.717, 1.165) is 13.0 Å². The molecule has 1 aliphatic rings. The van der Waals surface area contributed by atoms with Gasteiger partial charge in [-0.3, -0.25) is 4.79 Å². The Balaban J connectivity index is 2.23. The molecule has 1 aromatic carbocycles. The number of carbonyl (C=O) groups excluding carboxylic acids is 1. The number of para-hydroxylation sites is 1. The Morgan fingerprint density at radius 2 is 2.18 bits per heavy atom. The molecule has 0 bridgehead atoms. The summed E-state index contributed by atoms with van der Waals surface area (Å²) < 4.78 is 13.6. The van der Waals surface area contributed by atoms with Crippen LogP contribution in [0.4, 0.5) is 10.1 Å². The van der Waals surface area contributed by atoms with Crippen LogP contribution in [0, 0.1) is 11.2 Å². The highest BCUT2D eigenvalue weighted by atomic mass is 19.1. The van der Waals surface area contributed by atoms with E-state index in [1.54, 1.807) is 25.2 Å². The molecule has 1 heterocycles. The Hall–Kier alpha value is -1.42. The lowest BCUT2D eigenvalue weighted by Gasteiger charge is -2.28. The smallest absolute Gasteiger partial charge is 0.234 e. The Morgan fingerprint density at radius 1 is 1.47 bits per heavy atom. The standard InChI is InChI=1S/C13H17FN2O/c1-13(7-8-15-9-13)12(17)16(2)11-6-4-3-5-10(11)14/h3-6,15H,7-9H2,1-2H3. The van der Waals surface area contributed by atoms with Crippen LogP contribution in [-0.2, 0) is 4.79 Å². The van der Waals surface area contributed by atoms with Crippen molar-refractivity contribution >= 4 is 11.6 Å². The predicted molar refractivity (Wildman–Crippen MR) is 65.4 cm³/mol. The number of halogens is 1. The summed E-state index contributed by atoms with van der Waals surface area (Å²) in [6.07, 6.45) is 0.796. The Bertz CT molecular complexity index is 427. The fraction of sp³-hybridized carbons (Fsp3) is 0.462. The lowest BCUT2D eigenvalue weighted by atomic mass is 9.88. The van der Waals surface area contributed by atoms with E-state index in [9.17, 15) is 9.18 Å². The number of rotatable bonds is 2. The van der Waals surface area contributed by atoms with Gasteiger partial charge in [0.2, 0.25) is 5.91 Å². The predicted octanol–water partition coefficient (Wildman–Crippen LogP) is 1.79. The van der Waals surface area contributed by atoms with E-state index >= 15 is 0 Å². The monoisotopic (exact) mass is 236 g/mol. The van der Waals surface area contributed by atoms with Crippen LogP contribution in [0.25, 0.3) is 0 Å². The summed E-state index contributed by atoms with van der Waals surface area (Å²) in [4.78, 5) is 13.8. The first kappa shape index (κ1) is 12.0. The minimum atomic E-state index is -0.420. The molecule has 17 heavy (non-hydrogen) atoms. The average molecular weight is 236 g/mol. The summed E-state index contributed by atoms with van der Waals surface area (Å²) in [5.41, 5.74) is -0.0811. The van der Waals surface area contributed by atoms with Gasteiger partial charge in [-0.05, 0) is 32.0 Å². The zero-order chi connectivity index (χ0) is 12.5. The molecule has 0 saturated carbocycles. The molecule has 0 radical (unpaired) electrons. The number of anilines is 1. The summed E-state index contributed by atoms with van der Waals surface area (Å²) in [5, 5.41) is 3.17. The maximum Gasteiger partial charge on any atom is 0.234 e. The molecule has 1 atom stereocenters. The van der Waals surface area contributed by atoms with Crippen molar-refractivity contribution in [3.05, 3.63) is 30.1 Å². The van der Waals surface area contributed by atoms with Crippen molar-refractivity contribution < 1.29 is 9.18 Å². The Kier molecular flexibility index (Phi) is 3.15. The second kappa shape index (κ2) is 4.45. The molecule has 1 aromatic rings. The fourth-order valence-corrected chi connectivity index (χ4v) is 2.24. The van der Waals surface area contributed by atoms with E-state index in [0.29, 0.717) is 12.2 Å². The number of hydrogen-bond acceptors (Lipinski definition) is 2. The second-order valence-corrected chi connectivity index (χ2v) is 4.80. The highest BCUT2D eigenvalue weighted by Gasteiger charge is 2.38. The third-order valence-corrected chi connectivity index (χ3v) is 3.40. The molecule has 92 valence electrons. The molecule has 2 rings (SSSR count). The van der Waals surface area contributed by atoms with Gasteiger partial charge in [0, 0.05) is 13.6 Å². The van der Waals surface area contributed by atoms with E-state index in [4.69, 9.17) is 0 Å². The average Bonchev–Trinajstić information content (AvgIpc) is 2.76. The molecule has 4 heteroatoms. The van der Waals surface area contributed by atoms with Crippen LogP contribution in [0.3, 0.4) is 0 Å². The van der Waals surface area contributed by atoms with Gasteiger partial charge >= 0.3 is 0 Å². The minimum Gasteiger partial charge on any atom is -0.316 e. The molecule has 1 unspecified atom stereocenters. The normalized spacial score (nSPS) is 23.7. The molecule has 1 amide bonds. The van der Waals surface area contributed by atoms with Crippen LogP contribution in [0.2, 0.25) is 0 Å². The van der Waals surface area contributed by atoms with Crippen molar-refractivity contribution in [3.8, 4) is 0 Å². The van der Waals surface area contributed by atoms with E-state index in [1.165, 1.54) is 11.0 Å². The van der Waals surface area contributed by atoms with Gasteiger partial charge in [0.25, 0.3) is 0 Å². The van der Waals surface area contributed by atoms with Crippen molar-refractivity contribution in [2.75, 3.05) is 25.0 Å². The van der Waals surface area contributed by atoms with Crippen LogP contribution >= 0.6 is 0 Å². The molecule has 0 aromatic heterocycles. The van der Waals surface area contributed by atoms with Gasteiger partial charge in [-0.25, -0.2) is 4.39 Å². The van der Waals surface area contributed by atoms with E-state index in [-0.39, 0.29) is 11.7 Å². The van der Waals surface area contributed by atoms with Crippen LogP contribution < -0.4 is 10.2 Å². The Labute approximate surface area is 101 Å². The largest absolute Gasteiger partial charge is 0.316 e. The third-order valence-electron chi connectivity index (χ3n) is 3.40. The molecule has 3 nitrogen and oxygen atoms in total. The molecule has 0 spiro atoms. The summed E-state index contributed by atoms with van der Waals surface area (Å²) >= 11 is 0. The minimum absolute atomic E-state index is 0.0346. The molecule has 0 aliphatic carbocycles. The molecule has 1 aliphatic heterocycles. The third kappa shape index (κ3) is 2.17. The Morgan fingerprint density at radius 3 is 2.76 bits per heavy atom. The van der Waals surface area contributed by atoms with Gasteiger partial charge in [-0.15, -0.1) is 0 Å². The number of hydrogen-bond donors (Lipinski definition) is 1. The van der Waals surface area contributed by atoms with Crippen LogP contribution in [0.1, 0.15) is 13.3 Å². The van der Waals surface area contributed by atoms with Crippen molar-refractivity contribution in [2.24, 2.45) is 5.41 Å². The summed E-state index contributed by atoms with van der Waals surface area (Å²) in [6, 6.07) is 6.35. The molecule has 1 N–H and O–H groups in total. The molecular formula is C13H17FN2O. The van der Waals surface area contributed by atoms with Crippen molar-refractivity contribution in [1.82, 2.24) is 5.32 Å². The first-order valence-corrected chi connectivity index (χ1v) is 5.78. The second-order valence-electron chi connectivity index (χ2n) is 4.80. The first-order valence-electron chi connectivity index (χ1n) is 5.78. The number of nitrogens with zero attached hydrogens (tertiary/aromatic N) is 1. The zero-order valence-electron chi connectivity index (χ0n) is 10.2. The summed E-state index contributed by atoms with van der Waals surface area (Å²) in [7, 11) is 1.63. The maximum atomic E-state index is 13.6. The maximum absolute atomic E-state index is 13.6. The number of benzene rings is 1. The fourth-order valence-electron chi connectivity index (χ4n) is 2.24. The van der Waals surface area contributed by atoms with Crippen molar-refractivity contribution in [1.29, 1.82) is 0 Å². The van der Waals surface area contributed by atoms with Gasteiger partial charge in [-0.2, -0.15) is 0 Å².